The minimum Gasteiger partial charge on any atom is -0.486 e. The van der Waals surface area contributed by atoms with Crippen molar-refractivity contribution in [2.45, 2.75) is 13.0 Å². The topological polar surface area (TPSA) is 35.5 Å². The van der Waals surface area contributed by atoms with Crippen LogP contribution in [0.2, 0.25) is 10.0 Å². The highest BCUT2D eigenvalue weighted by molar-refractivity contribution is 6.37. The second-order valence-electron chi connectivity index (χ2n) is 5.99. The Labute approximate surface area is 168 Å². The molecule has 3 aromatic carbocycles. The van der Waals surface area contributed by atoms with Crippen LogP contribution in [-0.4, -0.2) is 13.1 Å². The highest BCUT2D eigenvalue weighted by Crippen LogP contribution is 2.35. The maximum absolute atomic E-state index is 11.9. The Morgan fingerprint density at radius 1 is 0.889 bits per heavy atom. The molecule has 0 aliphatic carbocycles. The molecule has 0 aliphatic rings. The predicted octanol–water partition coefficient (Wildman–Crippen LogP) is 5.95. The van der Waals surface area contributed by atoms with Crippen LogP contribution in [0.1, 0.15) is 27.0 Å². The molecule has 0 saturated heterocycles. The van der Waals surface area contributed by atoms with Crippen LogP contribution >= 0.6 is 23.2 Å². The first kappa shape index (κ1) is 19.3. The van der Waals surface area contributed by atoms with Gasteiger partial charge in [0.1, 0.15) is 6.61 Å². The molecule has 5 heteroatoms. The summed E-state index contributed by atoms with van der Waals surface area (Å²) in [4.78, 5) is 11.9. The fraction of sp³-hybridized carbons (Fsp3) is 0.136. The summed E-state index contributed by atoms with van der Waals surface area (Å²) in [5, 5.41) is 0.868. The molecule has 138 valence electrons. The van der Waals surface area contributed by atoms with Gasteiger partial charge in [-0.15, -0.1) is 0 Å². The summed E-state index contributed by atoms with van der Waals surface area (Å²) in [7, 11) is 1.37. The summed E-state index contributed by atoms with van der Waals surface area (Å²) in [6.45, 7) is 0.380. The van der Waals surface area contributed by atoms with Gasteiger partial charge in [0.2, 0.25) is 0 Å². The molecule has 0 aromatic heterocycles. The molecule has 0 aliphatic heterocycles. The number of benzene rings is 3. The maximum atomic E-state index is 11.9. The monoisotopic (exact) mass is 400 g/mol. The molecule has 0 N–H and O–H groups in total. The van der Waals surface area contributed by atoms with Crippen molar-refractivity contribution in [2.24, 2.45) is 0 Å². The fourth-order valence-corrected chi connectivity index (χ4v) is 3.43. The standard InChI is InChI=1S/C22H18Cl2O3/c1-26-22(25)18-10-6-5-9-17(18)11-16-12-19(23)21(20(24)13-16)27-14-15-7-3-2-4-8-15/h2-10,12-13H,11,14H2,1H3. The summed E-state index contributed by atoms with van der Waals surface area (Å²) in [5.41, 5.74) is 3.28. The van der Waals surface area contributed by atoms with Gasteiger partial charge in [0.05, 0.1) is 22.7 Å². The second-order valence-corrected chi connectivity index (χ2v) is 6.80. The van der Waals surface area contributed by atoms with Crippen LogP contribution in [0.15, 0.2) is 66.7 Å². The minimum absolute atomic E-state index is 0.370. The second kappa shape index (κ2) is 8.94. The molecule has 0 heterocycles. The van der Waals surface area contributed by atoms with E-state index in [1.807, 2.05) is 54.6 Å². The number of hydrogen-bond donors (Lipinski definition) is 0. The Hall–Kier alpha value is -2.49. The zero-order valence-corrected chi connectivity index (χ0v) is 16.3. The lowest BCUT2D eigenvalue weighted by Gasteiger charge is -2.13. The van der Waals surface area contributed by atoms with E-state index in [4.69, 9.17) is 32.7 Å². The average Bonchev–Trinajstić information content (AvgIpc) is 2.68. The van der Waals surface area contributed by atoms with E-state index >= 15 is 0 Å². The van der Waals surface area contributed by atoms with E-state index in [2.05, 4.69) is 0 Å². The largest absolute Gasteiger partial charge is 0.486 e. The van der Waals surface area contributed by atoms with Gasteiger partial charge in [-0.25, -0.2) is 4.79 Å². The van der Waals surface area contributed by atoms with Crippen molar-refractivity contribution >= 4 is 29.2 Å². The van der Waals surface area contributed by atoms with Gasteiger partial charge in [-0.1, -0.05) is 71.7 Å². The van der Waals surface area contributed by atoms with Crippen molar-refractivity contribution in [2.75, 3.05) is 7.11 Å². The molecule has 3 rings (SSSR count). The quantitative estimate of drug-likeness (QED) is 0.479. The van der Waals surface area contributed by atoms with Crippen LogP contribution < -0.4 is 4.74 Å². The zero-order chi connectivity index (χ0) is 19.2. The molecule has 0 atom stereocenters. The molecule has 0 bridgehead atoms. The van der Waals surface area contributed by atoms with Crippen molar-refractivity contribution in [3.05, 3.63) is 99.0 Å². The lowest BCUT2D eigenvalue weighted by atomic mass is 9.99. The number of esters is 1. The Morgan fingerprint density at radius 3 is 2.19 bits per heavy atom. The molecular weight excluding hydrogens is 383 g/mol. The van der Waals surface area contributed by atoms with Crippen LogP contribution in [0.4, 0.5) is 0 Å². The van der Waals surface area contributed by atoms with Gasteiger partial charge in [-0.3, -0.25) is 0 Å². The summed E-state index contributed by atoms with van der Waals surface area (Å²) in [6, 6.07) is 20.7. The Morgan fingerprint density at radius 2 is 1.52 bits per heavy atom. The van der Waals surface area contributed by atoms with Crippen molar-refractivity contribution in [1.82, 2.24) is 0 Å². The molecule has 0 amide bonds. The maximum Gasteiger partial charge on any atom is 0.338 e. The molecule has 3 aromatic rings. The molecule has 0 fully saturated rings. The van der Waals surface area contributed by atoms with Gasteiger partial charge in [-0.2, -0.15) is 0 Å². The van der Waals surface area contributed by atoms with E-state index in [9.17, 15) is 4.79 Å². The molecule has 27 heavy (non-hydrogen) atoms. The van der Waals surface area contributed by atoms with E-state index in [1.165, 1.54) is 7.11 Å². The van der Waals surface area contributed by atoms with E-state index < -0.39 is 0 Å². The van der Waals surface area contributed by atoms with E-state index in [-0.39, 0.29) is 5.97 Å². The van der Waals surface area contributed by atoms with Crippen LogP contribution in [0, 0.1) is 0 Å². The highest BCUT2D eigenvalue weighted by Gasteiger charge is 2.14. The lowest BCUT2D eigenvalue weighted by molar-refractivity contribution is 0.0599. The van der Waals surface area contributed by atoms with Crippen molar-refractivity contribution in [3.63, 3.8) is 0 Å². The first-order chi connectivity index (χ1) is 13.1. The molecule has 0 saturated carbocycles. The fourth-order valence-electron chi connectivity index (χ4n) is 2.79. The normalized spacial score (nSPS) is 10.5. The van der Waals surface area contributed by atoms with E-state index in [0.29, 0.717) is 34.4 Å². The number of hydrogen-bond acceptors (Lipinski definition) is 3. The van der Waals surface area contributed by atoms with Crippen LogP contribution in [-0.2, 0) is 17.8 Å². The van der Waals surface area contributed by atoms with Gasteiger partial charge in [0.15, 0.2) is 5.75 Å². The number of methoxy groups -OCH3 is 1. The summed E-state index contributed by atoms with van der Waals surface area (Å²) in [5.74, 6) is 0.0813. The minimum atomic E-state index is -0.370. The Kier molecular flexibility index (Phi) is 6.38. The van der Waals surface area contributed by atoms with Crippen molar-refractivity contribution in [3.8, 4) is 5.75 Å². The first-order valence-electron chi connectivity index (χ1n) is 8.39. The predicted molar refractivity (Wildman–Crippen MR) is 108 cm³/mol. The van der Waals surface area contributed by atoms with Gasteiger partial charge < -0.3 is 9.47 Å². The zero-order valence-electron chi connectivity index (χ0n) is 14.7. The third-order valence-electron chi connectivity index (χ3n) is 4.10. The van der Waals surface area contributed by atoms with Gasteiger partial charge in [0.25, 0.3) is 0 Å². The molecule has 0 spiro atoms. The van der Waals surface area contributed by atoms with E-state index in [1.54, 1.807) is 12.1 Å². The highest BCUT2D eigenvalue weighted by atomic mass is 35.5. The number of halogens is 2. The SMILES string of the molecule is COC(=O)c1ccccc1Cc1cc(Cl)c(OCc2ccccc2)c(Cl)c1. The van der Waals surface area contributed by atoms with Crippen LogP contribution in [0.5, 0.6) is 5.75 Å². The molecule has 0 unspecified atom stereocenters. The van der Waals surface area contributed by atoms with Gasteiger partial charge in [0, 0.05) is 0 Å². The van der Waals surface area contributed by atoms with Crippen molar-refractivity contribution < 1.29 is 14.3 Å². The van der Waals surface area contributed by atoms with Crippen LogP contribution in [0.25, 0.3) is 0 Å². The third-order valence-corrected chi connectivity index (χ3v) is 4.66. The number of rotatable bonds is 6. The summed E-state index contributed by atoms with van der Waals surface area (Å²) < 4.78 is 10.6. The van der Waals surface area contributed by atoms with Crippen molar-refractivity contribution in [1.29, 1.82) is 0 Å². The molecular formula is C22H18Cl2O3. The number of carbonyl (C=O) groups is 1. The summed E-state index contributed by atoms with van der Waals surface area (Å²) in [6.07, 6.45) is 0.504. The Balaban J connectivity index is 1.80. The smallest absolute Gasteiger partial charge is 0.338 e. The van der Waals surface area contributed by atoms with E-state index in [0.717, 1.165) is 16.7 Å². The number of carbonyl (C=O) groups excluding carboxylic acids is 1. The Bertz CT molecular complexity index is 916. The lowest BCUT2D eigenvalue weighted by Crippen LogP contribution is -2.06. The summed E-state index contributed by atoms with van der Waals surface area (Å²) >= 11 is 12.8. The first-order valence-corrected chi connectivity index (χ1v) is 9.15. The average molecular weight is 401 g/mol. The molecule has 0 radical (unpaired) electrons. The number of ether oxygens (including phenoxy) is 2. The van der Waals surface area contributed by atoms with Gasteiger partial charge in [-0.05, 0) is 41.3 Å². The third kappa shape index (κ3) is 4.82. The van der Waals surface area contributed by atoms with Crippen LogP contribution in [0.3, 0.4) is 0 Å². The molecule has 3 nitrogen and oxygen atoms in total. The van der Waals surface area contributed by atoms with Gasteiger partial charge >= 0.3 is 5.97 Å².